The molecule has 0 radical (unpaired) electrons. The number of benzene rings is 1. The van der Waals surface area contributed by atoms with Gasteiger partial charge in [-0.3, -0.25) is 9.59 Å². The lowest BCUT2D eigenvalue weighted by Crippen LogP contribution is -2.42. The highest BCUT2D eigenvalue weighted by molar-refractivity contribution is 5.84. The number of aromatic nitrogens is 2. The summed E-state index contributed by atoms with van der Waals surface area (Å²) >= 11 is 0. The first kappa shape index (κ1) is 14.2. The SMILES string of the molecule is Cc1nc2cc3c(cc2c(=O)[nH]1)OC(C(=O)N1CCCC1)CC3. The van der Waals surface area contributed by atoms with Gasteiger partial charge >= 0.3 is 0 Å². The molecule has 0 bridgehead atoms. The monoisotopic (exact) mass is 313 g/mol. The third-order valence-electron chi connectivity index (χ3n) is 4.64. The average molecular weight is 313 g/mol. The predicted octanol–water partition coefficient (Wildman–Crippen LogP) is 1.55. The summed E-state index contributed by atoms with van der Waals surface area (Å²) in [7, 11) is 0. The van der Waals surface area contributed by atoms with Crippen molar-refractivity contribution >= 4 is 16.8 Å². The summed E-state index contributed by atoms with van der Waals surface area (Å²) in [5, 5.41) is 0.503. The molecular weight excluding hydrogens is 294 g/mol. The highest BCUT2D eigenvalue weighted by Crippen LogP contribution is 2.31. The number of H-pyrrole nitrogens is 1. The number of fused-ring (bicyclic) bond motifs is 2. The normalized spacial score (nSPS) is 20.4. The second-order valence-corrected chi connectivity index (χ2v) is 6.31. The van der Waals surface area contributed by atoms with Crippen molar-refractivity contribution in [1.29, 1.82) is 0 Å². The van der Waals surface area contributed by atoms with E-state index >= 15 is 0 Å². The molecule has 1 fully saturated rings. The van der Waals surface area contributed by atoms with Gasteiger partial charge in [0.05, 0.1) is 10.9 Å². The van der Waals surface area contributed by atoms with Gasteiger partial charge in [-0.15, -0.1) is 0 Å². The molecule has 0 aliphatic carbocycles. The van der Waals surface area contributed by atoms with E-state index in [9.17, 15) is 9.59 Å². The molecule has 6 nitrogen and oxygen atoms in total. The fourth-order valence-electron chi connectivity index (χ4n) is 3.45. The van der Waals surface area contributed by atoms with E-state index in [2.05, 4.69) is 9.97 Å². The van der Waals surface area contributed by atoms with E-state index in [1.165, 1.54) is 0 Å². The van der Waals surface area contributed by atoms with Crippen molar-refractivity contribution in [2.75, 3.05) is 13.1 Å². The minimum absolute atomic E-state index is 0.0733. The molecule has 1 aromatic carbocycles. The standard InChI is InChI=1S/C17H19N3O3/c1-10-18-13-8-11-4-5-14(17(22)20-6-2-3-7-20)23-15(11)9-12(13)16(21)19-10/h8-9,14H,2-7H2,1H3,(H,18,19,21). The van der Waals surface area contributed by atoms with Crippen LogP contribution in [0.2, 0.25) is 0 Å². The summed E-state index contributed by atoms with van der Waals surface area (Å²) in [5.41, 5.74) is 1.52. The van der Waals surface area contributed by atoms with Crippen LogP contribution in [0.4, 0.5) is 0 Å². The van der Waals surface area contributed by atoms with E-state index in [4.69, 9.17) is 4.74 Å². The zero-order chi connectivity index (χ0) is 16.0. The molecule has 1 saturated heterocycles. The molecular formula is C17H19N3O3. The lowest BCUT2D eigenvalue weighted by Gasteiger charge is -2.28. The molecule has 1 unspecified atom stereocenters. The molecule has 0 spiro atoms. The van der Waals surface area contributed by atoms with Crippen LogP contribution in [0, 0.1) is 6.92 Å². The molecule has 0 saturated carbocycles. The van der Waals surface area contributed by atoms with Crippen LogP contribution in [0.5, 0.6) is 5.75 Å². The molecule has 1 aromatic heterocycles. The van der Waals surface area contributed by atoms with Crippen LogP contribution in [-0.2, 0) is 11.2 Å². The number of aryl methyl sites for hydroxylation is 2. The van der Waals surface area contributed by atoms with E-state index in [-0.39, 0.29) is 11.5 Å². The number of carbonyl (C=O) groups excluding carboxylic acids is 1. The zero-order valence-corrected chi connectivity index (χ0v) is 13.1. The van der Waals surface area contributed by atoms with Crippen molar-refractivity contribution in [3.63, 3.8) is 0 Å². The summed E-state index contributed by atoms with van der Waals surface area (Å²) in [6, 6.07) is 3.63. The largest absolute Gasteiger partial charge is 0.480 e. The molecule has 1 N–H and O–H groups in total. The Kier molecular flexibility index (Phi) is 3.32. The molecule has 2 aliphatic rings. The average Bonchev–Trinajstić information content (AvgIpc) is 3.06. The van der Waals surface area contributed by atoms with Gasteiger partial charge in [0, 0.05) is 13.1 Å². The van der Waals surface area contributed by atoms with Crippen molar-refractivity contribution < 1.29 is 9.53 Å². The second kappa shape index (κ2) is 5.37. The van der Waals surface area contributed by atoms with E-state index < -0.39 is 6.10 Å². The van der Waals surface area contributed by atoms with E-state index in [0.29, 0.717) is 28.9 Å². The van der Waals surface area contributed by atoms with Crippen LogP contribution in [0.25, 0.3) is 10.9 Å². The van der Waals surface area contributed by atoms with E-state index in [0.717, 1.165) is 37.9 Å². The molecule has 1 amide bonds. The van der Waals surface area contributed by atoms with Gasteiger partial charge < -0.3 is 14.6 Å². The van der Waals surface area contributed by atoms with Gasteiger partial charge in [0.25, 0.3) is 11.5 Å². The molecule has 120 valence electrons. The van der Waals surface area contributed by atoms with Crippen LogP contribution in [0.1, 0.15) is 30.7 Å². The van der Waals surface area contributed by atoms with Crippen LogP contribution in [-0.4, -0.2) is 40.0 Å². The highest BCUT2D eigenvalue weighted by Gasteiger charge is 2.31. The smallest absolute Gasteiger partial charge is 0.263 e. The quantitative estimate of drug-likeness (QED) is 0.866. The summed E-state index contributed by atoms with van der Waals surface area (Å²) in [6.07, 6.45) is 3.15. The third-order valence-corrected chi connectivity index (χ3v) is 4.64. The summed E-state index contributed by atoms with van der Waals surface area (Å²) < 4.78 is 5.93. The third kappa shape index (κ3) is 2.48. The van der Waals surface area contributed by atoms with Gasteiger partial charge in [-0.05, 0) is 50.3 Å². The Hall–Kier alpha value is -2.37. The second-order valence-electron chi connectivity index (χ2n) is 6.31. The van der Waals surface area contributed by atoms with Gasteiger partial charge in [-0.25, -0.2) is 4.98 Å². The fourth-order valence-corrected chi connectivity index (χ4v) is 3.45. The Morgan fingerprint density at radius 1 is 1.35 bits per heavy atom. The van der Waals surface area contributed by atoms with Gasteiger partial charge in [0.1, 0.15) is 11.6 Å². The van der Waals surface area contributed by atoms with Crippen molar-refractivity contribution in [3.8, 4) is 5.75 Å². The minimum atomic E-state index is -0.435. The molecule has 23 heavy (non-hydrogen) atoms. The number of nitrogens with zero attached hydrogens (tertiary/aromatic N) is 2. The molecule has 3 heterocycles. The van der Waals surface area contributed by atoms with Gasteiger partial charge in [0.2, 0.25) is 0 Å². The Morgan fingerprint density at radius 3 is 2.91 bits per heavy atom. The number of rotatable bonds is 1. The van der Waals surface area contributed by atoms with Gasteiger partial charge in [-0.1, -0.05) is 0 Å². The van der Waals surface area contributed by atoms with E-state index in [1.54, 1.807) is 13.0 Å². The zero-order valence-electron chi connectivity index (χ0n) is 13.1. The first-order valence-electron chi connectivity index (χ1n) is 8.11. The molecule has 2 aliphatic heterocycles. The number of nitrogens with one attached hydrogen (secondary N) is 1. The van der Waals surface area contributed by atoms with Crippen molar-refractivity contribution in [2.45, 2.75) is 38.7 Å². The number of ether oxygens (including phenoxy) is 1. The molecule has 4 rings (SSSR count). The van der Waals surface area contributed by atoms with E-state index in [1.807, 2.05) is 11.0 Å². The molecule has 1 atom stereocenters. The Bertz CT molecular complexity index is 837. The first-order valence-corrected chi connectivity index (χ1v) is 8.11. The maximum atomic E-state index is 12.5. The Labute approximate surface area is 133 Å². The lowest BCUT2D eigenvalue weighted by molar-refractivity contribution is -0.138. The van der Waals surface area contributed by atoms with Crippen LogP contribution >= 0.6 is 0 Å². The number of carbonyl (C=O) groups is 1. The predicted molar refractivity (Wildman–Crippen MR) is 85.7 cm³/mol. The number of hydrogen-bond acceptors (Lipinski definition) is 4. The van der Waals surface area contributed by atoms with Crippen LogP contribution in [0.3, 0.4) is 0 Å². The van der Waals surface area contributed by atoms with Crippen molar-refractivity contribution in [3.05, 3.63) is 33.9 Å². The Morgan fingerprint density at radius 2 is 2.13 bits per heavy atom. The molecule has 2 aromatic rings. The van der Waals surface area contributed by atoms with Crippen molar-refractivity contribution in [1.82, 2.24) is 14.9 Å². The number of hydrogen-bond donors (Lipinski definition) is 1. The van der Waals surface area contributed by atoms with Crippen molar-refractivity contribution in [2.24, 2.45) is 0 Å². The summed E-state index contributed by atoms with van der Waals surface area (Å²) in [6.45, 7) is 3.42. The number of amides is 1. The lowest BCUT2D eigenvalue weighted by atomic mass is 10.00. The fraction of sp³-hybridized carbons (Fsp3) is 0.471. The highest BCUT2D eigenvalue weighted by atomic mass is 16.5. The minimum Gasteiger partial charge on any atom is -0.480 e. The summed E-state index contributed by atoms with van der Waals surface area (Å²) in [4.78, 5) is 33.5. The van der Waals surface area contributed by atoms with Gasteiger partial charge in [0.15, 0.2) is 6.10 Å². The molecule has 6 heteroatoms. The summed E-state index contributed by atoms with van der Waals surface area (Å²) in [5.74, 6) is 1.31. The van der Waals surface area contributed by atoms with Crippen LogP contribution in [0.15, 0.2) is 16.9 Å². The maximum absolute atomic E-state index is 12.5. The number of likely N-dealkylation sites (tertiary alicyclic amines) is 1. The first-order chi connectivity index (χ1) is 11.1. The number of aromatic amines is 1. The topological polar surface area (TPSA) is 75.3 Å². The van der Waals surface area contributed by atoms with Gasteiger partial charge in [-0.2, -0.15) is 0 Å². The maximum Gasteiger partial charge on any atom is 0.263 e. The van der Waals surface area contributed by atoms with Crippen LogP contribution < -0.4 is 10.3 Å². The Balaban J connectivity index is 1.67.